The first kappa shape index (κ1) is 17.2. The van der Waals surface area contributed by atoms with E-state index in [0.717, 1.165) is 0 Å². The van der Waals surface area contributed by atoms with Gasteiger partial charge < -0.3 is 9.84 Å². The second-order valence-electron chi connectivity index (χ2n) is 5.51. The number of methoxy groups -OCH3 is 1. The van der Waals surface area contributed by atoms with Crippen LogP contribution >= 0.6 is 15.9 Å². The zero-order valence-corrected chi connectivity index (χ0v) is 15.1. The van der Waals surface area contributed by atoms with Gasteiger partial charge in [0.15, 0.2) is 0 Å². The number of nitrogens with zero attached hydrogens (tertiary/aromatic N) is 4. The number of carbonyl (C=O) groups excluding carboxylic acids is 1. The number of fused-ring (bicyclic) bond motifs is 1. The molecule has 0 fully saturated rings. The van der Waals surface area contributed by atoms with Crippen LogP contribution in [0.1, 0.15) is 23.5 Å². The highest BCUT2D eigenvalue weighted by Crippen LogP contribution is 2.31. The fourth-order valence-electron chi connectivity index (χ4n) is 2.68. The number of esters is 1. The number of carbonyl (C=O) groups is 1. The van der Waals surface area contributed by atoms with Crippen LogP contribution in [-0.4, -0.2) is 37.4 Å². The van der Waals surface area contributed by atoms with Crippen molar-refractivity contribution in [2.45, 2.75) is 12.3 Å². The Morgan fingerprint density at radius 2 is 2.16 bits per heavy atom. The average Bonchev–Trinajstić information content (AvgIpc) is 3.00. The van der Waals surface area contributed by atoms with Crippen molar-refractivity contribution >= 4 is 27.5 Å². The van der Waals surface area contributed by atoms with Crippen LogP contribution in [0.3, 0.4) is 0 Å². The summed E-state index contributed by atoms with van der Waals surface area (Å²) in [5.41, 5.74) is 0.477. The Morgan fingerprint density at radius 3 is 2.80 bits per heavy atom. The normalized spacial score (nSPS) is 12.3. The first-order valence-electron chi connectivity index (χ1n) is 7.37. The predicted molar refractivity (Wildman–Crippen MR) is 92.5 cm³/mol. The molecule has 1 N–H and O–H groups in total. The van der Waals surface area contributed by atoms with Crippen molar-refractivity contribution in [3.63, 3.8) is 0 Å². The highest BCUT2D eigenvalue weighted by molar-refractivity contribution is 9.10. The summed E-state index contributed by atoms with van der Waals surface area (Å²) in [6.07, 6.45) is 4.67. The second-order valence-corrected chi connectivity index (χ2v) is 6.43. The molecular weight excluding hydrogens is 392 g/mol. The van der Waals surface area contributed by atoms with E-state index >= 15 is 0 Å². The quantitative estimate of drug-likeness (QED) is 0.660. The fourth-order valence-corrected chi connectivity index (χ4v) is 3.01. The van der Waals surface area contributed by atoms with Crippen LogP contribution in [0, 0.1) is 0 Å². The molecule has 0 aliphatic carbocycles. The molecule has 9 heteroatoms. The molecule has 0 aliphatic heterocycles. The number of halogens is 1. The fraction of sp³-hybridized carbons (Fsp3) is 0.250. The van der Waals surface area contributed by atoms with Crippen LogP contribution in [0.4, 0.5) is 0 Å². The Morgan fingerprint density at radius 1 is 1.40 bits per heavy atom. The third-order valence-electron chi connectivity index (χ3n) is 3.88. The Bertz CT molecular complexity index is 1010. The second kappa shape index (κ2) is 6.67. The van der Waals surface area contributed by atoms with Crippen molar-refractivity contribution in [3.05, 3.63) is 56.7 Å². The lowest BCUT2D eigenvalue weighted by atomic mass is 9.91. The zero-order valence-electron chi connectivity index (χ0n) is 13.5. The van der Waals surface area contributed by atoms with Gasteiger partial charge in [0.05, 0.1) is 25.3 Å². The highest BCUT2D eigenvalue weighted by atomic mass is 79.9. The monoisotopic (exact) mass is 406 g/mol. The minimum atomic E-state index is -0.725. The van der Waals surface area contributed by atoms with E-state index in [1.807, 2.05) is 0 Å². The summed E-state index contributed by atoms with van der Waals surface area (Å²) < 4.78 is 8.29. The maximum absolute atomic E-state index is 13.0. The van der Waals surface area contributed by atoms with Gasteiger partial charge in [0.2, 0.25) is 5.88 Å². The van der Waals surface area contributed by atoms with Crippen molar-refractivity contribution in [1.82, 2.24) is 19.2 Å². The number of hydrogen-bond donors (Lipinski definition) is 1. The molecule has 0 bridgehead atoms. The first-order chi connectivity index (χ1) is 11.9. The molecule has 3 aromatic rings. The average molecular weight is 407 g/mol. The summed E-state index contributed by atoms with van der Waals surface area (Å²) in [7, 11) is 2.99. The van der Waals surface area contributed by atoms with Crippen LogP contribution in [0.25, 0.3) is 5.65 Å². The van der Waals surface area contributed by atoms with Gasteiger partial charge in [-0.15, -0.1) is 0 Å². The summed E-state index contributed by atoms with van der Waals surface area (Å²) in [6, 6.07) is 3.32. The summed E-state index contributed by atoms with van der Waals surface area (Å²) >= 11 is 3.31. The molecule has 0 unspecified atom stereocenters. The van der Waals surface area contributed by atoms with Gasteiger partial charge in [0, 0.05) is 29.8 Å². The maximum Gasteiger partial charge on any atom is 0.306 e. The van der Waals surface area contributed by atoms with Gasteiger partial charge in [0.1, 0.15) is 5.65 Å². The van der Waals surface area contributed by atoms with Gasteiger partial charge in [0.25, 0.3) is 5.56 Å². The lowest BCUT2D eigenvalue weighted by Gasteiger charge is -2.16. The van der Waals surface area contributed by atoms with Crippen LogP contribution < -0.4 is 5.56 Å². The summed E-state index contributed by atoms with van der Waals surface area (Å²) in [6.45, 7) is 0. The molecule has 3 rings (SSSR count). The van der Waals surface area contributed by atoms with Crippen molar-refractivity contribution in [1.29, 1.82) is 0 Å². The molecule has 0 radical (unpaired) electrons. The summed E-state index contributed by atoms with van der Waals surface area (Å²) in [5.74, 6) is -1.64. The number of aromatic hydroxyl groups is 1. The zero-order chi connectivity index (χ0) is 18.1. The van der Waals surface area contributed by atoms with Gasteiger partial charge in [-0.05, 0) is 33.6 Å². The highest BCUT2D eigenvalue weighted by Gasteiger charge is 2.27. The van der Waals surface area contributed by atoms with Gasteiger partial charge in [-0.2, -0.15) is 10.1 Å². The van der Waals surface area contributed by atoms with Gasteiger partial charge >= 0.3 is 5.97 Å². The van der Waals surface area contributed by atoms with Crippen LogP contribution in [0.15, 0.2) is 40.0 Å². The Kier molecular flexibility index (Phi) is 4.58. The van der Waals surface area contributed by atoms with Crippen molar-refractivity contribution in [2.75, 3.05) is 7.11 Å². The van der Waals surface area contributed by atoms with E-state index in [0.29, 0.717) is 15.7 Å². The predicted octanol–water partition coefficient (Wildman–Crippen LogP) is 1.59. The van der Waals surface area contributed by atoms with Crippen molar-refractivity contribution in [2.24, 2.45) is 7.05 Å². The lowest BCUT2D eigenvalue weighted by molar-refractivity contribution is -0.140. The largest absolute Gasteiger partial charge is 0.493 e. The molecule has 0 amide bonds. The van der Waals surface area contributed by atoms with Crippen LogP contribution in [0.5, 0.6) is 5.88 Å². The SMILES string of the molecule is COC(=O)C[C@@H](c1cnn(C)c1)c1c(O)nc2ccc(Br)cn2c1=O. The van der Waals surface area contributed by atoms with E-state index in [9.17, 15) is 14.7 Å². The smallest absolute Gasteiger partial charge is 0.306 e. The number of pyridine rings is 1. The van der Waals surface area contributed by atoms with Gasteiger partial charge in [-0.1, -0.05) is 0 Å². The van der Waals surface area contributed by atoms with E-state index in [1.165, 1.54) is 11.5 Å². The minimum absolute atomic E-state index is 0.0222. The molecule has 1 atom stereocenters. The molecular formula is C16H15BrN4O4. The summed E-state index contributed by atoms with van der Waals surface area (Å²) in [5, 5.41) is 14.4. The number of rotatable bonds is 4. The minimum Gasteiger partial charge on any atom is -0.493 e. The van der Waals surface area contributed by atoms with Crippen molar-refractivity contribution in [3.8, 4) is 5.88 Å². The molecule has 3 aromatic heterocycles. The Balaban J connectivity index is 2.24. The molecule has 0 aliphatic rings. The standard InChI is InChI=1S/C16H15BrN4O4/c1-20-7-9(6-18-20)11(5-13(22)25-2)14-15(23)19-12-4-3-10(17)8-21(12)16(14)24/h3-4,6-8,11,23H,5H2,1-2H3/t11-/m0/s1. The number of ether oxygens (including phenoxy) is 1. The maximum atomic E-state index is 13.0. The number of aryl methyl sites for hydroxylation is 1. The van der Waals surface area contributed by atoms with Crippen LogP contribution in [-0.2, 0) is 16.6 Å². The van der Waals surface area contributed by atoms with E-state index in [-0.39, 0.29) is 12.0 Å². The van der Waals surface area contributed by atoms with Crippen molar-refractivity contribution < 1.29 is 14.6 Å². The third kappa shape index (κ3) is 3.27. The molecule has 25 heavy (non-hydrogen) atoms. The molecule has 3 heterocycles. The third-order valence-corrected chi connectivity index (χ3v) is 4.34. The lowest BCUT2D eigenvalue weighted by Crippen LogP contribution is -2.24. The molecule has 0 spiro atoms. The Labute approximate surface area is 150 Å². The topological polar surface area (TPSA) is 98.7 Å². The molecule has 0 aromatic carbocycles. The van der Waals surface area contributed by atoms with Gasteiger partial charge in [-0.3, -0.25) is 18.7 Å². The molecule has 8 nitrogen and oxygen atoms in total. The van der Waals surface area contributed by atoms with Gasteiger partial charge in [-0.25, -0.2) is 0 Å². The molecule has 130 valence electrons. The number of aromatic nitrogens is 4. The first-order valence-corrected chi connectivity index (χ1v) is 8.16. The number of hydrogen-bond acceptors (Lipinski definition) is 6. The Hall–Kier alpha value is -2.68. The van der Waals surface area contributed by atoms with E-state index in [4.69, 9.17) is 4.74 Å². The molecule has 0 saturated heterocycles. The van der Waals surface area contributed by atoms with E-state index in [2.05, 4.69) is 26.0 Å². The molecule has 0 saturated carbocycles. The van der Waals surface area contributed by atoms with Crippen LogP contribution in [0.2, 0.25) is 0 Å². The van der Waals surface area contributed by atoms with E-state index < -0.39 is 23.3 Å². The summed E-state index contributed by atoms with van der Waals surface area (Å²) in [4.78, 5) is 28.9. The van der Waals surface area contributed by atoms with E-state index in [1.54, 1.807) is 42.5 Å².